The molecule has 168 valence electrons. The Morgan fingerprint density at radius 1 is 0.970 bits per heavy atom. The Balaban J connectivity index is 1.44. The Labute approximate surface area is 191 Å². The Bertz CT molecular complexity index is 1230. The van der Waals surface area contributed by atoms with Crippen LogP contribution in [0, 0.1) is 12.7 Å². The van der Waals surface area contributed by atoms with E-state index in [0.29, 0.717) is 43.2 Å². The maximum atomic E-state index is 13.2. The molecule has 0 spiro atoms. The normalized spacial score (nSPS) is 15.1. The summed E-state index contributed by atoms with van der Waals surface area (Å²) in [5.74, 6) is 2.49. The zero-order valence-corrected chi connectivity index (χ0v) is 18.5. The van der Waals surface area contributed by atoms with Crippen LogP contribution in [0.5, 0.6) is 17.2 Å². The number of benzene rings is 3. The zero-order valence-electron chi connectivity index (χ0n) is 18.5. The van der Waals surface area contributed by atoms with E-state index in [9.17, 15) is 9.18 Å². The van der Waals surface area contributed by atoms with E-state index in [0.717, 1.165) is 28.4 Å². The molecule has 0 radical (unpaired) electrons. The van der Waals surface area contributed by atoms with Gasteiger partial charge in [0, 0.05) is 31.7 Å². The summed E-state index contributed by atoms with van der Waals surface area (Å²) in [6.45, 7) is 4.32. The van der Waals surface area contributed by atoms with Crippen molar-refractivity contribution in [2.75, 3.05) is 33.3 Å². The molecule has 1 saturated heterocycles. The van der Waals surface area contributed by atoms with Gasteiger partial charge in [-0.1, -0.05) is 6.07 Å². The maximum absolute atomic E-state index is 13.2. The van der Waals surface area contributed by atoms with Crippen LogP contribution in [-0.2, 0) is 0 Å². The van der Waals surface area contributed by atoms with Gasteiger partial charge in [0.15, 0.2) is 5.75 Å². The minimum Gasteiger partial charge on any atom is -0.497 e. The summed E-state index contributed by atoms with van der Waals surface area (Å²) in [5, 5.41) is 0. The lowest BCUT2D eigenvalue weighted by atomic mass is 10.1. The van der Waals surface area contributed by atoms with E-state index in [-0.39, 0.29) is 11.7 Å². The van der Waals surface area contributed by atoms with Gasteiger partial charge in [-0.15, -0.1) is 0 Å². The van der Waals surface area contributed by atoms with Gasteiger partial charge in [0.2, 0.25) is 0 Å². The Kier molecular flexibility index (Phi) is 5.46. The largest absolute Gasteiger partial charge is 0.497 e. The molecule has 3 aromatic rings. The van der Waals surface area contributed by atoms with Gasteiger partial charge in [0.25, 0.3) is 5.91 Å². The van der Waals surface area contributed by atoms with Gasteiger partial charge in [-0.05, 0) is 67.1 Å². The maximum Gasteiger partial charge on any atom is 0.253 e. The second-order valence-electron chi connectivity index (χ2n) is 8.16. The third-order valence-electron chi connectivity index (χ3n) is 5.95. The number of nitrogens with zero attached hydrogens (tertiary/aromatic N) is 3. The lowest BCUT2D eigenvalue weighted by molar-refractivity contribution is 0.0692. The van der Waals surface area contributed by atoms with E-state index < -0.39 is 0 Å². The highest BCUT2D eigenvalue weighted by Gasteiger charge is 2.28. The van der Waals surface area contributed by atoms with Crippen molar-refractivity contribution in [3.05, 3.63) is 83.2 Å². The molecule has 2 aliphatic heterocycles. The number of rotatable bonds is 2. The van der Waals surface area contributed by atoms with Crippen molar-refractivity contribution in [2.24, 2.45) is 4.99 Å². The van der Waals surface area contributed by atoms with E-state index in [4.69, 9.17) is 14.5 Å². The summed E-state index contributed by atoms with van der Waals surface area (Å²) in [4.78, 5) is 21.8. The molecular weight excluding hydrogens is 421 g/mol. The third-order valence-corrected chi connectivity index (χ3v) is 5.95. The standard InChI is InChI=1S/C26H24FN3O3/c1-17-3-9-22-24(15-17)33-23-10-8-20(32-2)16-21(23)25(28-22)29-11-13-30(14-12-29)26(31)18-4-6-19(27)7-5-18/h3-10,15-16H,11-14H2,1-2H3. The second-order valence-corrected chi connectivity index (χ2v) is 8.16. The number of halogens is 1. The van der Waals surface area contributed by atoms with Crippen molar-refractivity contribution >= 4 is 17.4 Å². The lowest BCUT2D eigenvalue weighted by Gasteiger charge is -2.36. The smallest absolute Gasteiger partial charge is 0.253 e. The fourth-order valence-corrected chi connectivity index (χ4v) is 4.13. The molecule has 0 bridgehead atoms. The molecule has 3 aromatic carbocycles. The Morgan fingerprint density at radius 2 is 1.73 bits per heavy atom. The van der Waals surface area contributed by atoms with Gasteiger partial charge in [0.05, 0.1) is 12.7 Å². The van der Waals surface area contributed by atoms with Gasteiger partial charge in [0.1, 0.15) is 28.8 Å². The molecule has 0 atom stereocenters. The lowest BCUT2D eigenvalue weighted by Crippen LogP contribution is -2.50. The number of carbonyl (C=O) groups is 1. The van der Waals surface area contributed by atoms with Gasteiger partial charge >= 0.3 is 0 Å². The number of methoxy groups -OCH3 is 1. The summed E-state index contributed by atoms with van der Waals surface area (Å²) >= 11 is 0. The number of aryl methyl sites for hydroxylation is 1. The van der Waals surface area contributed by atoms with Crippen LogP contribution in [0.1, 0.15) is 21.5 Å². The molecule has 5 rings (SSSR count). The predicted molar refractivity (Wildman–Crippen MR) is 124 cm³/mol. The number of amides is 1. The first-order valence-electron chi connectivity index (χ1n) is 10.9. The Hall–Kier alpha value is -3.87. The average molecular weight is 445 g/mol. The third kappa shape index (κ3) is 4.14. The highest BCUT2D eigenvalue weighted by Crippen LogP contribution is 2.40. The first-order chi connectivity index (χ1) is 16.0. The molecule has 0 aromatic heterocycles. The number of ether oxygens (including phenoxy) is 2. The summed E-state index contributed by atoms with van der Waals surface area (Å²) < 4.78 is 24.9. The van der Waals surface area contributed by atoms with Crippen molar-refractivity contribution in [1.29, 1.82) is 0 Å². The number of piperazine rings is 1. The van der Waals surface area contributed by atoms with Crippen LogP contribution in [0.2, 0.25) is 0 Å². The number of hydrogen-bond donors (Lipinski definition) is 0. The summed E-state index contributed by atoms with van der Waals surface area (Å²) in [6.07, 6.45) is 0. The molecular formula is C26H24FN3O3. The molecule has 6 nitrogen and oxygen atoms in total. The number of carbonyl (C=O) groups excluding carboxylic acids is 1. The summed E-state index contributed by atoms with van der Waals surface area (Å²) in [6, 6.07) is 17.3. The molecule has 2 heterocycles. The van der Waals surface area contributed by atoms with E-state index >= 15 is 0 Å². The molecule has 0 N–H and O–H groups in total. The highest BCUT2D eigenvalue weighted by molar-refractivity contribution is 6.04. The fraction of sp³-hybridized carbons (Fsp3) is 0.231. The monoisotopic (exact) mass is 445 g/mol. The van der Waals surface area contributed by atoms with Gasteiger partial charge < -0.3 is 19.3 Å². The minimum absolute atomic E-state index is 0.0938. The van der Waals surface area contributed by atoms with Crippen molar-refractivity contribution < 1.29 is 18.7 Å². The van der Waals surface area contributed by atoms with Gasteiger partial charge in [-0.25, -0.2) is 9.38 Å². The zero-order chi connectivity index (χ0) is 22.9. The summed E-state index contributed by atoms with van der Waals surface area (Å²) in [7, 11) is 1.63. The second kappa shape index (κ2) is 8.58. The molecule has 1 amide bonds. The molecule has 33 heavy (non-hydrogen) atoms. The van der Waals surface area contributed by atoms with Gasteiger partial charge in [-0.3, -0.25) is 4.79 Å². The van der Waals surface area contributed by atoms with Crippen molar-refractivity contribution in [3.63, 3.8) is 0 Å². The van der Waals surface area contributed by atoms with Crippen LogP contribution >= 0.6 is 0 Å². The number of fused-ring (bicyclic) bond motifs is 2. The predicted octanol–water partition coefficient (Wildman–Crippen LogP) is 4.78. The Morgan fingerprint density at radius 3 is 2.45 bits per heavy atom. The molecule has 0 aliphatic carbocycles. The average Bonchev–Trinajstić information content (AvgIpc) is 3.00. The first kappa shape index (κ1) is 21.0. The molecule has 0 unspecified atom stereocenters. The number of amidine groups is 1. The molecule has 2 aliphatic rings. The van der Waals surface area contributed by atoms with Gasteiger partial charge in [-0.2, -0.15) is 0 Å². The quantitative estimate of drug-likeness (QED) is 0.570. The van der Waals surface area contributed by atoms with Crippen molar-refractivity contribution in [1.82, 2.24) is 9.80 Å². The molecule has 1 fully saturated rings. The number of aliphatic imine (C=N–C) groups is 1. The van der Waals surface area contributed by atoms with E-state index in [2.05, 4.69) is 4.90 Å². The highest BCUT2D eigenvalue weighted by atomic mass is 19.1. The van der Waals surface area contributed by atoms with Crippen molar-refractivity contribution in [3.8, 4) is 17.2 Å². The topological polar surface area (TPSA) is 54.4 Å². The van der Waals surface area contributed by atoms with E-state index in [1.807, 2.05) is 43.3 Å². The van der Waals surface area contributed by atoms with Crippen LogP contribution in [-0.4, -0.2) is 54.8 Å². The van der Waals surface area contributed by atoms with Crippen LogP contribution in [0.25, 0.3) is 0 Å². The van der Waals surface area contributed by atoms with Crippen LogP contribution in [0.3, 0.4) is 0 Å². The van der Waals surface area contributed by atoms with Crippen molar-refractivity contribution in [2.45, 2.75) is 6.92 Å². The number of hydrogen-bond acceptors (Lipinski definition) is 5. The first-order valence-corrected chi connectivity index (χ1v) is 10.9. The van der Waals surface area contributed by atoms with Crippen LogP contribution in [0.15, 0.2) is 65.7 Å². The fourth-order valence-electron chi connectivity index (χ4n) is 4.13. The van der Waals surface area contributed by atoms with Crippen LogP contribution in [0.4, 0.5) is 10.1 Å². The SMILES string of the molecule is COc1ccc2c(c1)C(N1CCN(C(=O)c3ccc(F)cc3)CC1)=Nc1ccc(C)cc1O2. The molecule has 7 heteroatoms. The summed E-state index contributed by atoms with van der Waals surface area (Å²) in [5.41, 5.74) is 3.19. The van der Waals surface area contributed by atoms with Crippen LogP contribution < -0.4 is 9.47 Å². The van der Waals surface area contributed by atoms with E-state index in [1.165, 1.54) is 24.3 Å². The minimum atomic E-state index is -0.352. The van der Waals surface area contributed by atoms with E-state index in [1.54, 1.807) is 12.0 Å². The molecule has 0 saturated carbocycles.